The Bertz CT molecular complexity index is 254. The van der Waals surface area contributed by atoms with Crippen LogP contribution in [0.1, 0.15) is 31.2 Å². The van der Waals surface area contributed by atoms with Gasteiger partial charge in [0, 0.05) is 6.21 Å². The van der Waals surface area contributed by atoms with E-state index in [1.54, 1.807) is 0 Å². The number of nitrogens with zero attached hydrogens (tertiary/aromatic N) is 2. The van der Waals surface area contributed by atoms with Gasteiger partial charge < -0.3 is 0 Å². The highest BCUT2D eigenvalue weighted by Crippen LogP contribution is 2.19. The summed E-state index contributed by atoms with van der Waals surface area (Å²) in [4.78, 5) is 4.34. The van der Waals surface area contributed by atoms with E-state index in [9.17, 15) is 0 Å². The molecule has 3 heteroatoms. The van der Waals surface area contributed by atoms with E-state index < -0.39 is 0 Å². The number of hydrogen-bond acceptors (Lipinski definition) is 2. The standard InChI is InChI=1S/C9H15N3/c1-4-5-6-10-9-7(2)11-12-8(9)3/h6H,4-5H2,1-3H3,(H,11,12). The summed E-state index contributed by atoms with van der Waals surface area (Å²) < 4.78 is 0. The van der Waals surface area contributed by atoms with Crippen LogP contribution in [0.25, 0.3) is 0 Å². The van der Waals surface area contributed by atoms with Crippen molar-refractivity contribution in [3.63, 3.8) is 0 Å². The Kier molecular flexibility index (Phi) is 3.02. The molecule has 0 saturated heterocycles. The van der Waals surface area contributed by atoms with Gasteiger partial charge in [-0.15, -0.1) is 0 Å². The molecule has 1 rings (SSSR count). The average Bonchev–Trinajstić information content (AvgIpc) is 2.35. The van der Waals surface area contributed by atoms with Crippen LogP contribution < -0.4 is 0 Å². The number of aromatic nitrogens is 2. The molecule has 0 radical (unpaired) electrons. The maximum atomic E-state index is 4.34. The summed E-state index contributed by atoms with van der Waals surface area (Å²) in [7, 11) is 0. The monoisotopic (exact) mass is 165 g/mol. The Hall–Kier alpha value is -1.12. The normalized spacial score (nSPS) is 11.2. The van der Waals surface area contributed by atoms with E-state index in [1.165, 1.54) is 0 Å². The van der Waals surface area contributed by atoms with Crippen molar-refractivity contribution >= 4 is 11.9 Å². The molecular formula is C9H15N3. The second-order valence-corrected chi connectivity index (χ2v) is 2.88. The Labute approximate surface area is 72.9 Å². The number of hydrogen-bond donors (Lipinski definition) is 1. The summed E-state index contributed by atoms with van der Waals surface area (Å²) in [6.45, 7) is 6.09. The average molecular weight is 165 g/mol. The van der Waals surface area contributed by atoms with Gasteiger partial charge in [0.25, 0.3) is 0 Å². The predicted molar refractivity (Wildman–Crippen MR) is 51.1 cm³/mol. The van der Waals surface area contributed by atoms with Gasteiger partial charge in [0.2, 0.25) is 0 Å². The van der Waals surface area contributed by atoms with Crippen molar-refractivity contribution in [2.45, 2.75) is 33.6 Å². The van der Waals surface area contributed by atoms with Crippen molar-refractivity contribution in [3.8, 4) is 0 Å². The molecule has 0 aliphatic rings. The van der Waals surface area contributed by atoms with Crippen molar-refractivity contribution in [3.05, 3.63) is 11.4 Å². The molecule has 0 fully saturated rings. The second-order valence-electron chi connectivity index (χ2n) is 2.88. The van der Waals surface area contributed by atoms with E-state index in [2.05, 4.69) is 22.1 Å². The summed E-state index contributed by atoms with van der Waals surface area (Å²) in [6, 6.07) is 0. The molecule has 0 aliphatic carbocycles. The van der Waals surface area contributed by atoms with Crippen LogP contribution in [-0.2, 0) is 0 Å². The molecule has 1 heterocycles. The highest BCUT2D eigenvalue weighted by atomic mass is 15.1. The van der Waals surface area contributed by atoms with Gasteiger partial charge in [0.05, 0.1) is 11.4 Å². The molecule has 3 nitrogen and oxygen atoms in total. The molecular weight excluding hydrogens is 150 g/mol. The summed E-state index contributed by atoms with van der Waals surface area (Å²) in [5, 5.41) is 6.96. The molecule has 1 aromatic heterocycles. The van der Waals surface area contributed by atoms with Gasteiger partial charge in [-0.1, -0.05) is 13.3 Å². The molecule has 0 amide bonds. The van der Waals surface area contributed by atoms with Gasteiger partial charge in [-0.05, 0) is 20.3 Å². The lowest BCUT2D eigenvalue weighted by molar-refractivity contribution is 1.01. The first-order valence-corrected chi connectivity index (χ1v) is 4.29. The molecule has 12 heavy (non-hydrogen) atoms. The number of nitrogens with one attached hydrogen (secondary N) is 1. The number of rotatable bonds is 3. The molecule has 0 aromatic carbocycles. The van der Waals surface area contributed by atoms with Gasteiger partial charge in [-0.25, -0.2) is 0 Å². The molecule has 0 aliphatic heterocycles. The number of aromatic amines is 1. The van der Waals surface area contributed by atoms with E-state index in [1.807, 2.05) is 20.1 Å². The van der Waals surface area contributed by atoms with Gasteiger partial charge in [-0.3, -0.25) is 10.1 Å². The Morgan fingerprint density at radius 3 is 2.75 bits per heavy atom. The van der Waals surface area contributed by atoms with Gasteiger partial charge in [0.1, 0.15) is 5.69 Å². The summed E-state index contributed by atoms with van der Waals surface area (Å²) in [6.07, 6.45) is 4.12. The van der Waals surface area contributed by atoms with Crippen LogP contribution >= 0.6 is 0 Å². The number of aryl methyl sites for hydroxylation is 2. The molecule has 0 atom stereocenters. The van der Waals surface area contributed by atoms with Crippen molar-refractivity contribution in [1.82, 2.24) is 10.2 Å². The van der Waals surface area contributed by atoms with Crippen LogP contribution in [0.3, 0.4) is 0 Å². The largest absolute Gasteiger partial charge is 0.280 e. The highest BCUT2D eigenvalue weighted by molar-refractivity contribution is 5.64. The third kappa shape index (κ3) is 1.94. The Morgan fingerprint density at radius 2 is 2.25 bits per heavy atom. The lowest BCUT2D eigenvalue weighted by Gasteiger charge is -1.90. The van der Waals surface area contributed by atoms with Crippen LogP contribution in [0.5, 0.6) is 0 Å². The number of aliphatic imine (C=N–C) groups is 1. The van der Waals surface area contributed by atoms with E-state index in [4.69, 9.17) is 0 Å². The van der Waals surface area contributed by atoms with Crippen molar-refractivity contribution < 1.29 is 0 Å². The zero-order valence-corrected chi connectivity index (χ0v) is 7.89. The molecule has 0 unspecified atom stereocenters. The number of H-pyrrole nitrogens is 1. The summed E-state index contributed by atoms with van der Waals surface area (Å²) >= 11 is 0. The van der Waals surface area contributed by atoms with E-state index in [-0.39, 0.29) is 0 Å². The first kappa shape index (κ1) is 8.97. The topological polar surface area (TPSA) is 41.0 Å². The minimum absolute atomic E-state index is 0.972. The lowest BCUT2D eigenvalue weighted by Crippen LogP contribution is -1.74. The molecule has 0 saturated carbocycles. The van der Waals surface area contributed by atoms with Gasteiger partial charge >= 0.3 is 0 Å². The van der Waals surface area contributed by atoms with Crippen LogP contribution in [0.4, 0.5) is 5.69 Å². The van der Waals surface area contributed by atoms with Crippen LogP contribution in [0, 0.1) is 13.8 Å². The van der Waals surface area contributed by atoms with Gasteiger partial charge in [-0.2, -0.15) is 5.10 Å². The van der Waals surface area contributed by atoms with Crippen molar-refractivity contribution in [2.24, 2.45) is 4.99 Å². The van der Waals surface area contributed by atoms with E-state index in [0.29, 0.717) is 0 Å². The van der Waals surface area contributed by atoms with Crippen LogP contribution in [0.2, 0.25) is 0 Å². The molecule has 0 bridgehead atoms. The molecule has 1 aromatic rings. The predicted octanol–water partition coefficient (Wildman–Crippen LogP) is 2.53. The van der Waals surface area contributed by atoms with Crippen molar-refractivity contribution in [2.75, 3.05) is 0 Å². The molecule has 66 valence electrons. The minimum Gasteiger partial charge on any atom is -0.280 e. The minimum atomic E-state index is 0.972. The third-order valence-corrected chi connectivity index (χ3v) is 1.73. The fourth-order valence-corrected chi connectivity index (χ4v) is 1.02. The summed E-state index contributed by atoms with van der Waals surface area (Å²) in [5.74, 6) is 0. The van der Waals surface area contributed by atoms with Crippen LogP contribution in [0.15, 0.2) is 4.99 Å². The third-order valence-electron chi connectivity index (χ3n) is 1.73. The highest BCUT2D eigenvalue weighted by Gasteiger charge is 2.01. The maximum absolute atomic E-state index is 4.34. The zero-order chi connectivity index (χ0) is 8.97. The number of unbranched alkanes of at least 4 members (excludes halogenated alkanes) is 1. The second kappa shape index (κ2) is 4.04. The Balaban J connectivity index is 2.73. The van der Waals surface area contributed by atoms with Crippen LogP contribution in [-0.4, -0.2) is 16.4 Å². The molecule has 1 N–H and O–H groups in total. The smallest absolute Gasteiger partial charge is 0.106 e. The quantitative estimate of drug-likeness (QED) is 0.687. The van der Waals surface area contributed by atoms with Crippen molar-refractivity contribution in [1.29, 1.82) is 0 Å². The zero-order valence-electron chi connectivity index (χ0n) is 7.89. The first-order chi connectivity index (χ1) is 5.75. The maximum Gasteiger partial charge on any atom is 0.106 e. The SMILES string of the molecule is CCCC=Nc1c(C)n[nH]c1C. The fraction of sp³-hybridized carbons (Fsp3) is 0.556. The lowest BCUT2D eigenvalue weighted by atomic mass is 10.3. The molecule has 0 spiro atoms. The Morgan fingerprint density at radius 1 is 1.50 bits per heavy atom. The first-order valence-electron chi connectivity index (χ1n) is 4.29. The van der Waals surface area contributed by atoms with E-state index in [0.717, 1.165) is 29.9 Å². The fourth-order valence-electron chi connectivity index (χ4n) is 1.02. The summed E-state index contributed by atoms with van der Waals surface area (Å²) in [5.41, 5.74) is 3.00. The van der Waals surface area contributed by atoms with E-state index >= 15 is 0 Å². The van der Waals surface area contributed by atoms with Gasteiger partial charge in [0.15, 0.2) is 0 Å².